The molecule has 6 unspecified atom stereocenters. The molecule has 0 heterocycles. The van der Waals surface area contributed by atoms with E-state index in [1.807, 2.05) is 21.0 Å². The SMILES string of the molecule is CC.CCC(O)(CC)CCC[C@H]1CCC2C3CC=C4CC(O)CCC4(COC)C3CCC21C. The molecule has 3 fully saturated rings. The third-order valence-corrected chi connectivity index (χ3v) is 10.9. The number of ether oxygens (including phenoxy) is 1. The molecule has 33 heavy (non-hydrogen) atoms. The number of allylic oxidation sites excluding steroid dienone is 1. The molecule has 0 saturated heterocycles. The molecule has 2 N–H and O–H groups in total. The Balaban J connectivity index is 0.00000149. The summed E-state index contributed by atoms with van der Waals surface area (Å²) in [7, 11) is 1.87. The minimum absolute atomic E-state index is 0.151. The van der Waals surface area contributed by atoms with Crippen LogP contribution in [0.3, 0.4) is 0 Å². The molecule has 4 rings (SSSR count). The minimum Gasteiger partial charge on any atom is -0.393 e. The van der Waals surface area contributed by atoms with Crippen molar-refractivity contribution in [2.45, 2.75) is 130 Å². The zero-order chi connectivity index (χ0) is 24.3. The fraction of sp³-hybridized carbons (Fsp3) is 0.933. The molecule has 192 valence electrons. The average molecular weight is 463 g/mol. The third-order valence-electron chi connectivity index (χ3n) is 10.9. The Kier molecular flexibility index (Phi) is 9.17. The molecule has 0 bridgehead atoms. The van der Waals surface area contributed by atoms with Crippen LogP contribution in [-0.4, -0.2) is 35.6 Å². The molecule has 0 aromatic rings. The van der Waals surface area contributed by atoms with Gasteiger partial charge in [-0.25, -0.2) is 0 Å². The normalized spacial score (nSPS) is 40.1. The van der Waals surface area contributed by atoms with E-state index in [1.54, 1.807) is 0 Å². The monoisotopic (exact) mass is 462 g/mol. The van der Waals surface area contributed by atoms with Crippen molar-refractivity contribution in [3.63, 3.8) is 0 Å². The van der Waals surface area contributed by atoms with Gasteiger partial charge in [-0.3, -0.25) is 0 Å². The second-order valence-electron chi connectivity index (χ2n) is 12.0. The van der Waals surface area contributed by atoms with Gasteiger partial charge < -0.3 is 14.9 Å². The van der Waals surface area contributed by atoms with Crippen LogP contribution in [0.15, 0.2) is 11.6 Å². The Labute approximate surface area is 204 Å². The van der Waals surface area contributed by atoms with Gasteiger partial charge in [0.2, 0.25) is 0 Å². The highest BCUT2D eigenvalue weighted by Crippen LogP contribution is 2.67. The average Bonchev–Trinajstić information content (AvgIpc) is 3.17. The lowest BCUT2D eigenvalue weighted by atomic mass is 9.47. The summed E-state index contributed by atoms with van der Waals surface area (Å²) in [5.74, 6) is 3.20. The summed E-state index contributed by atoms with van der Waals surface area (Å²) in [6, 6.07) is 0. The molecular weight excluding hydrogens is 408 g/mol. The molecule has 0 aromatic carbocycles. The quantitative estimate of drug-likeness (QED) is 0.372. The van der Waals surface area contributed by atoms with Gasteiger partial charge in [-0.2, -0.15) is 0 Å². The number of fused-ring (bicyclic) bond motifs is 5. The second kappa shape index (κ2) is 11.1. The minimum atomic E-state index is -0.445. The van der Waals surface area contributed by atoms with Gasteiger partial charge in [0.1, 0.15) is 0 Å². The van der Waals surface area contributed by atoms with Gasteiger partial charge in [0, 0.05) is 12.5 Å². The molecular formula is C30H54O3. The van der Waals surface area contributed by atoms with E-state index < -0.39 is 5.60 Å². The molecule has 4 aliphatic rings. The molecule has 4 aliphatic carbocycles. The second-order valence-corrected chi connectivity index (χ2v) is 12.0. The van der Waals surface area contributed by atoms with Crippen LogP contribution in [0.4, 0.5) is 0 Å². The van der Waals surface area contributed by atoms with Crippen molar-refractivity contribution in [2.24, 2.45) is 34.5 Å². The van der Waals surface area contributed by atoms with Crippen LogP contribution in [-0.2, 0) is 4.74 Å². The molecule has 0 radical (unpaired) electrons. The molecule has 0 spiro atoms. The summed E-state index contributed by atoms with van der Waals surface area (Å²) in [5.41, 5.74) is 1.74. The van der Waals surface area contributed by atoms with Crippen LogP contribution in [0.5, 0.6) is 0 Å². The molecule has 3 saturated carbocycles. The lowest BCUT2D eigenvalue weighted by Gasteiger charge is -2.59. The lowest BCUT2D eigenvalue weighted by molar-refractivity contribution is -0.0817. The third kappa shape index (κ3) is 4.98. The number of hydrogen-bond donors (Lipinski definition) is 2. The van der Waals surface area contributed by atoms with E-state index in [-0.39, 0.29) is 11.5 Å². The van der Waals surface area contributed by atoms with E-state index in [2.05, 4.69) is 26.8 Å². The fourth-order valence-electron chi connectivity index (χ4n) is 8.83. The van der Waals surface area contributed by atoms with Crippen molar-refractivity contribution in [3.8, 4) is 0 Å². The Morgan fingerprint density at radius 2 is 1.79 bits per heavy atom. The van der Waals surface area contributed by atoms with E-state index in [0.29, 0.717) is 5.41 Å². The van der Waals surface area contributed by atoms with E-state index in [9.17, 15) is 10.2 Å². The van der Waals surface area contributed by atoms with Crippen LogP contribution in [0, 0.1) is 34.5 Å². The van der Waals surface area contributed by atoms with E-state index >= 15 is 0 Å². The Morgan fingerprint density at radius 1 is 1.06 bits per heavy atom. The zero-order valence-corrected chi connectivity index (χ0v) is 22.7. The molecule has 3 heteroatoms. The number of aliphatic hydroxyl groups excluding tert-OH is 1. The molecule has 0 aliphatic heterocycles. The highest BCUT2D eigenvalue weighted by atomic mass is 16.5. The van der Waals surface area contributed by atoms with Crippen molar-refractivity contribution in [1.29, 1.82) is 0 Å². The Bertz CT molecular complexity index is 653. The topological polar surface area (TPSA) is 49.7 Å². The first kappa shape index (κ1) is 27.2. The maximum Gasteiger partial charge on any atom is 0.0642 e. The number of hydrogen-bond acceptors (Lipinski definition) is 3. The van der Waals surface area contributed by atoms with Gasteiger partial charge in [-0.1, -0.05) is 52.7 Å². The van der Waals surface area contributed by atoms with Gasteiger partial charge in [0.15, 0.2) is 0 Å². The smallest absolute Gasteiger partial charge is 0.0642 e. The first-order valence-corrected chi connectivity index (χ1v) is 14.4. The summed E-state index contributed by atoms with van der Waals surface area (Å²) in [6.45, 7) is 11.7. The van der Waals surface area contributed by atoms with Crippen LogP contribution >= 0.6 is 0 Å². The number of aliphatic hydroxyl groups is 2. The van der Waals surface area contributed by atoms with Crippen molar-refractivity contribution in [2.75, 3.05) is 13.7 Å². The van der Waals surface area contributed by atoms with E-state index in [1.165, 1.54) is 50.5 Å². The highest BCUT2D eigenvalue weighted by Gasteiger charge is 2.59. The summed E-state index contributed by atoms with van der Waals surface area (Å²) in [4.78, 5) is 0. The summed E-state index contributed by atoms with van der Waals surface area (Å²) < 4.78 is 5.84. The number of rotatable bonds is 8. The van der Waals surface area contributed by atoms with Gasteiger partial charge in [-0.15, -0.1) is 0 Å². The molecule has 7 atom stereocenters. The molecule has 3 nitrogen and oxygen atoms in total. The van der Waals surface area contributed by atoms with Crippen molar-refractivity contribution >= 4 is 0 Å². The highest BCUT2D eigenvalue weighted by molar-refractivity contribution is 5.26. The Hall–Kier alpha value is -0.380. The number of methoxy groups -OCH3 is 1. The first-order valence-electron chi connectivity index (χ1n) is 14.4. The van der Waals surface area contributed by atoms with Gasteiger partial charge in [0.05, 0.1) is 18.3 Å². The standard InChI is InChI=1S/C28H48O3.C2H6/c1-5-27(30,6-2)15-7-8-20-10-12-24-23-11-9-21-18-22(29)13-17-28(21,19-31-4)25(23)14-16-26(20,24)3;1-2/h9,20,22-25,29-30H,5-8,10-19H2,1-4H3;1-2H3/t20-,22?,23?,24?,25?,26?,28?;/m0./s1. The van der Waals surface area contributed by atoms with Crippen molar-refractivity contribution in [1.82, 2.24) is 0 Å². The maximum atomic E-state index is 10.7. The maximum absolute atomic E-state index is 10.7. The van der Waals surface area contributed by atoms with Crippen LogP contribution in [0.1, 0.15) is 118 Å². The summed E-state index contributed by atoms with van der Waals surface area (Å²) in [6.07, 6.45) is 17.2. The summed E-state index contributed by atoms with van der Waals surface area (Å²) in [5, 5.41) is 21.1. The Morgan fingerprint density at radius 3 is 2.45 bits per heavy atom. The predicted molar refractivity (Wildman–Crippen MR) is 138 cm³/mol. The van der Waals surface area contributed by atoms with Gasteiger partial charge in [0.25, 0.3) is 0 Å². The fourth-order valence-corrected chi connectivity index (χ4v) is 8.83. The largest absolute Gasteiger partial charge is 0.393 e. The zero-order valence-electron chi connectivity index (χ0n) is 22.7. The van der Waals surface area contributed by atoms with E-state index in [0.717, 1.165) is 68.8 Å². The van der Waals surface area contributed by atoms with Crippen LogP contribution in [0.25, 0.3) is 0 Å². The van der Waals surface area contributed by atoms with E-state index in [4.69, 9.17) is 4.74 Å². The molecule has 0 amide bonds. The predicted octanol–water partition coefficient (Wildman–Crippen LogP) is 7.30. The lowest BCUT2D eigenvalue weighted by Crippen LogP contribution is -2.53. The van der Waals surface area contributed by atoms with Gasteiger partial charge in [-0.05, 0) is 106 Å². The summed E-state index contributed by atoms with van der Waals surface area (Å²) >= 11 is 0. The molecule has 0 aromatic heterocycles. The van der Waals surface area contributed by atoms with Crippen molar-refractivity contribution in [3.05, 3.63) is 11.6 Å². The van der Waals surface area contributed by atoms with Crippen LogP contribution < -0.4 is 0 Å². The van der Waals surface area contributed by atoms with Crippen LogP contribution in [0.2, 0.25) is 0 Å². The van der Waals surface area contributed by atoms with Gasteiger partial charge >= 0.3 is 0 Å². The van der Waals surface area contributed by atoms with Crippen molar-refractivity contribution < 1.29 is 14.9 Å². The first-order chi connectivity index (χ1) is 15.8.